The summed E-state index contributed by atoms with van der Waals surface area (Å²) in [5, 5.41) is 3.58. The number of alkyl halides is 4. The van der Waals surface area contributed by atoms with E-state index < -0.39 is 11.9 Å². The molecule has 1 saturated heterocycles. The van der Waals surface area contributed by atoms with Crippen LogP contribution in [-0.2, 0) is 6.18 Å². The van der Waals surface area contributed by atoms with Crippen molar-refractivity contribution < 1.29 is 13.2 Å². The third kappa shape index (κ3) is 2.79. The van der Waals surface area contributed by atoms with E-state index >= 15 is 0 Å². The van der Waals surface area contributed by atoms with Gasteiger partial charge < -0.3 is 4.90 Å². The van der Waals surface area contributed by atoms with E-state index in [9.17, 15) is 13.2 Å². The summed E-state index contributed by atoms with van der Waals surface area (Å²) in [6.45, 7) is 1.55. The van der Waals surface area contributed by atoms with Crippen molar-refractivity contribution in [3.8, 4) is 0 Å². The van der Waals surface area contributed by atoms with Crippen LogP contribution in [0.25, 0.3) is 5.52 Å². The van der Waals surface area contributed by atoms with Gasteiger partial charge in [-0.2, -0.15) is 18.3 Å². The predicted octanol–water partition coefficient (Wildman–Crippen LogP) is 3.20. The van der Waals surface area contributed by atoms with Crippen molar-refractivity contribution in [2.75, 3.05) is 23.9 Å². The predicted molar refractivity (Wildman–Crippen MR) is 73.6 cm³/mol. The zero-order valence-electron chi connectivity index (χ0n) is 11.1. The van der Waals surface area contributed by atoms with Gasteiger partial charge in [0.2, 0.25) is 0 Å². The second kappa shape index (κ2) is 5.36. The van der Waals surface area contributed by atoms with Crippen molar-refractivity contribution in [2.45, 2.75) is 19.0 Å². The lowest BCUT2D eigenvalue weighted by molar-refractivity contribution is -0.141. The maximum atomic E-state index is 12.8. The summed E-state index contributed by atoms with van der Waals surface area (Å²) in [6, 6.07) is 1.05. The molecule has 0 amide bonds. The summed E-state index contributed by atoms with van der Waals surface area (Å²) in [5.74, 6) is 1.62. The van der Waals surface area contributed by atoms with Crippen LogP contribution in [0, 0.1) is 5.92 Å². The highest BCUT2D eigenvalue weighted by atomic mass is 35.5. The Hall–Kier alpha value is -1.50. The fraction of sp³-hybridized carbons (Fsp3) is 0.538. The monoisotopic (exact) mass is 318 g/mol. The zero-order valence-corrected chi connectivity index (χ0v) is 11.9. The molecule has 0 radical (unpaired) electrons. The van der Waals surface area contributed by atoms with Gasteiger partial charge in [0.15, 0.2) is 11.5 Å². The zero-order chi connectivity index (χ0) is 15.0. The minimum absolute atomic E-state index is 0.386. The van der Waals surface area contributed by atoms with Gasteiger partial charge in [0, 0.05) is 37.4 Å². The van der Waals surface area contributed by atoms with Gasteiger partial charge in [-0.3, -0.25) is 0 Å². The molecule has 114 valence electrons. The van der Waals surface area contributed by atoms with E-state index in [4.69, 9.17) is 11.6 Å². The molecule has 1 aliphatic heterocycles. The maximum Gasteiger partial charge on any atom is 0.435 e. The molecule has 4 nitrogen and oxygen atoms in total. The number of hydrogen-bond acceptors (Lipinski definition) is 3. The molecular weight excluding hydrogens is 305 g/mol. The number of fused-ring (bicyclic) bond motifs is 1. The van der Waals surface area contributed by atoms with E-state index in [1.54, 1.807) is 0 Å². The van der Waals surface area contributed by atoms with Crippen molar-refractivity contribution in [3.63, 3.8) is 0 Å². The highest BCUT2D eigenvalue weighted by Crippen LogP contribution is 2.32. The largest absolute Gasteiger partial charge is 0.435 e. The molecule has 2 aromatic heterocycles. The first-order chi connectivity index (χ1) is 9.99. The van der Waals surface area contributed by atoms with Gasteiger partial charge in [0.25, 0.3) is 0 Å². The van der Waals surface area contributed by atoms with Crippen LogP contribution < -0.4 is 4.90 Å². The van der Waals surface area contributed by atoms with E-state index in [0.29, 0.717) is 23.1 Å². The molecule has 0 bridgehead atoms. The standard InChI is InChI=1S/C13H14ClF3N4/c14-3-1-9-2-5-20(8-9)12-10-7-11(13(15,16)17)19-21(10)6-4-18-12/h4,6-7,9H,1-3,5,8H2. The Balaban J connectivity index is 1.94. The van der Waals surface area contributed by atoms with Crippen LogP contribution in [0.5, 0.6) is 0 Å². The number of aromatic nitrogens is 3. The average Bonchev–Trinajstić information content (AvgIpc) is 3.03. The van der Waals surface area contributed by atoms with Gasteiger partial charge in [-0.15, -0.1) is 11.6 Å². The third-order valence-electron chi connectivity index (χ3n) is 3.76. The molecule has 1 atom stereocenters. The van der Waals surface area contributed by atoms with Crippen LogP contribution in [0.4, 0.5) is 19.0 Å². The molecule has 0 saturated carbocycles. The van der Waals surface area contributed by atoms with Crippen LogP contribution in [-0.4, -0.2) is 33.6 Å². The normalized spacial score (nSPS) is 19.6. The third-order valence-corrected chi connectivity index (χ3v) is 3.98. The van der Waals surface area contributed by atoms with Crippen LogP contribution >= 0.6 is 11.6 Å². The van der Waals surface area contributed by atoms with Gasteiger partial charge in [-0.1, -0.05) is 0 Å². The molecule has 21 heavy (non-hydrogen) atoms. The van der Waals surface area contributed by atoms with Crippen molar-refractivity contribution >= 4 is 22.9 Å². The summed E-state index contributed by atoms with van der Waals surface area (Å²) in [6.07, 6.45) is 0.351. The Morgan fingerprint density at radius 3 is 2.90 bits per heavy atom. The second-order valence-electron chi connectivity index (χ2n) is 5.19. The van der Waals surface area contributed by atoms with Gasteiger partial charge in [-0.25, -0.2) is 9.50 Å². The fourth-order valence-electron chi connectivity index (χ4n) is 2.71. The number of hydrogen-bond donors (Lipinski definition) is 0. The van der Waals surface area contributed by atoms with Crippen molar-refractivity contribution in [2.24, 2.45) is 5.92 Å². The summed E-state index contributed by atoms with van der Waals surface area (Å²) < 4.78 is 39.6. The van der Waals surface area contributed by atoms with Crippen molar-refractivity contribution in [3.05, 3.63) is 24.2 Å². The lowest BCUT2D eigenvalue weighted by atomic mass is 10.1. The van der Waals surface area contributed by atoms with Crippen molar-refractivity contribution in [1.29, 1.82) is 0 Å². The van der Waals surface area contributed by atoms with E-state index in [2.05, 4.69) is 10.1 Å². The highest BCUT2D eigenvalue weighted by Gasteiger charge is 2.35. The van der Waals surface area contributed by atoms with Gasteiger partial charge in [0.05, 0.1) is 0 Å². The summed E-state index contributed by atoms with van der Waals surface area (Å²) in [5.41, 5.74) is -0.510. The van der Waals surface area contributed by atoms with Crippen LogP contribution in [0.2, 0.25) is 0 Å². The Labute approximate surface area is 124 Å². The van der Waals surface area contributed by atoms with E-state index in [-0.39, 0.29) is 0 Å². The lowest BCUT2D eigenvalue weighted by Gasteiger charge is -2.18. The number of nitrogens with zero attached hydrogens (tertiary/aromatic N) is 4. The van der Waals surface area contributed by atoms with Crippen LogP contribution in [0.1, 0.15) is 18.5 Å². The quantitative estimate of drug-likeness (QED) is 0.815. The lowest BCUT2D eigenvalue weighted by Crippen LogP contribution is -2.21. The number of anilines is 1. The van der Waals surface area contributed by atoms with Gasteiger partial charge in [0.1, 0.15) is 5.52 Å². The minimum atomic E-state index is -4.45. The maximum absolute atomic E-state index is 12.8. The molecule has 1 unspecified atom stereocenters. The summed E-state index contributed by atoms with van der Waals surface area (Å²) in [4.78, 5) is 6.25. The highest BCUT2D eigenvalue weighted by molar-refractivity contribution is 6.17. The van der Waals surface area contributed by atoms with E-state index in [1.807, 2.05) is 4.90 Å². The molecular formula is C13H14ClF3N4. The van der Waals surface area contributed by atoms with E-state index in [1.165, 1.54) is 16.9 Å². The first kappa shape index (κ1) is 14.4. The Morgan fingerprint density at radius 1 is 1.38 bits per heavy atom. The molecule has 0 aromatic carbocycles. The molecule has 0 N–H and O–H groups in total. The first-order valence-electron chi connectivity index (χ1n) is 6.71. The second-order valence-corrected chi connectivity index (χ2v) is 5.56. The molecule has 1 fully saturated rings. The van der Waals surface area contributed by atoms with Crippen LogP contribution in [0.15, 0.2) is 18.5 Å². The van der Waals surface area contributed by atoms with Crippen molar-refractivity contribution in [1.82, 2.24) is 14.6 Å². The molecule has 3 rings (SSSR count). The van der Waals surface area contributed by atoms with Crippen LogP contribution in [0.3, 0.4) is 0 Å². The average molecular weight is 319 g/mol. The Morgan fingerprint density at radius 2 is 2.19 bits per heavy atom. The minimum Gasteiger partial charge on any atom is -0.355 e. The topological polar surface area (TPSA) is 33.4 Å². The van der Waals surface area contributed by atoms with Gasteiger partial charge in [-0.05, 0) is 18.8 Å². The summed E-state index contributed by atoms with van der Waals surface area (Å²) in [7, 11) is 0. The molecule has 0 spiro atoms. The molecule has 2 aromatic rings. The summed E-state index contributed by atoms with van der Waals surface area (Å²) >= 11 is 5.75. The SMILES string of the molecule is FC(F)(F)c1cc2c(N3CCC(CCCl)C3)nccn2n1. The molecule has 8 heteroatoms. The Kier molecular flexibility index (Phi) is 3.69. The number of halogens is 4. The molecule has 0 aliphatic carbocycles. The number of rotatable bonds is 3. The van der Waals surface area contributed by atoms with E-state index in [0.717, 1.165) is 32.0 Å². The molecule has 3 heterocycles. The molecule has 1 aliphatic rings. The van der Waals surface area contributed by atoms with Gasteiger partial charge >= 0.3 is 6.18 Å². The first-order valence-corrected chi connectivity index (χ1v) is 7.25. The Bertz CT molecular complexity index is 640. The smallest absolute Gasteiger partial charge is 0.355 e. The fourth-order valence-corrected chi connectivity index (χ4v) is 3.01.